The predicted octanol–water partition coefficient (Wildman–Crippen LogP) is 2.86. The lowest BCUT2D eigenvalue weighted by molar-refractivity contribution is 0.412. The summed E-state index contributed by atoms with van der Waals surface area (Å²) in [5, 5.41) is 3.44. The van der Waals surface area contributed by atoms with Crippen molar-refractivity contribution in [1.29, 1.82) is 0 Å². The van der Waals surface area contributed by atoms with Crippen LogP contribution in [0.5, 0.6) is 0 Å². The summed E-state index contributed by atoms with van der Waals surface area (Å²) in [7, 11) is 4.15. The van der Waals surface area contributed by atoms with Gasteiger partial charge < -0.3 is 15.1 Å². The summed E-state index contributed by atoms with van der Waals surface area (Å²) in [5.74, 6) is -0.0911. The zero-order chi connectivity index (χ0) is 15.2. The largest absolute Gasteiger partial charge is 0.370 e. The topological polar surface area (TPSA) is 18.5 Å². The molecule has 1 aromatic rings. The molecule has 0 atom stereocenters. The van der Waals surface area contributed by atoms with Crippen LogP contribution in [-0.4, -0.2) is 44.7 Å². The molecule has 1 N–H and O–H groups in total. The van der Waals surface area contributed by atoms with Crippen LogP contribution >= 0.6 is 0 Å². The lowest BCUT2D eigenvalue weighted by atomic mass is 10.1. The van der Waals surface area contributed by atoms with Crippen LogP contribution in [0.2, 0.25) is 0 Å². The van der Waals surface area contributed by atoms with Crippen LogP contribution in [0.3, 0.4) is 0 Å². The van der Waals surface area contributed by atoms with Crippen molar-refractivity contribution in [2.24, 2.45) is 0 Å². The molecule has 0 aromatic heterocycles. The molecule has 21 heavy (non-hydrogen) atoms. The highest BCUT2D eigenvalue weighted by Gasteiger charge is 2.22. The number of anilines is 1. The van der Waals surface area contributed by atoms with E-state index in [1.807, 2.05) is 6.07 Å². The molecule has 118 valence electrons. The molecule has 1 aliphatic rings. The third-order valence-corrected chi connectivity index (χ3v) is 3.89. The van der Waals surface area contributed by atoms with Crippen molar-refractivity contribution in [2.45, 2.75) is 38.8 Å². The zero-order valence-corrected chi connectivity index (χ0v) is 13.5. The molecule has 3 nitrogen and oxygen atoms in total. The summed E-state index contributed by atoms with van der Waals surface area (Å²) < 4.78 is 14.2. The van der Waals surface area contributed by atoms with E-state index in [0.717, 1.165) is 37.3 Å². The number of nitrogens with zero attached hydrogens (tertiary/aromatic N) is 2. The maximum atomic E-state index is 14.2. The average molecular weight is 293 g/mol. The fourth-order valence-corrected chi connectivity index (χ4v) is 2.50. The molecule has 0 aliphatic heterocycles. The standard InChI is InChI=1S/C17H28FN3/c1-4-10-21(12-11-20(2)3)17-7-5-6-16(18)15(17)13-19-14-8-9-14/h5-7,14,19H,4,8-13H2,1-3H3. The smallest absolute Gasteiger partial charge is 0.129 e. The average Bonchev–Trinajstić information content (AvgIpc) is 3.26. The Balaban J connectivity index is 2.14. The minimum atomic E-state index is -0.0911. The molecule has 4 heteroatoms. The molecule has 0 spiro atoms. The van der Waals surface area contributed by atoms with E-state index in [-0.39, 0.29) is 5.82 Å². The number of rotatable bonds is 9. The second kappa shape index (κ2) is 7.76. The number of halogens is 1. The molecule has 0 radical (unpaired) electrons. The van der Waals surface area contributed by atoms with Crippen LogP contribution in [0.1, 0.15) is 31.7 Å². The van der Waals surface area contributed by atoms with Crippen molar-refractivity contribution >= 4 is 5.69 Å². The van der Waals surface area contributed by atoms with E-state index >= 15 is 0 Å². The Morgan fingerprint density at radius 3 is 2.57 bits per heavy atom. The van der Waals surface area contributed by atoms with Gasteiger partial charge in [0, 0.05) is 43.5 Å². The van der Waals surface area contributed by atoms with Crippen molar-refractivity contribution in [1.82, 2.24) is 10.2 Å². The minimum absolute atomic E-state index is 0.0911. The normalized spacial score (nSPS) is 14.7. The number of benzene rings is 1. The van der Waals surface area contributed by atoms with Crippen molar-refractivity contribution in [3.8, 4) is 0 Å². The molecule has 0 bridgehead atoms. The highest BCUT2D eigenvalue weighted by Crippen LogP contribution is 2.26. The van der Waals surface area contributed by atoms with Crippen molar-refractivity contribution in [3.05, 3.63) is 29.6 Å². The number of nitrogens with one attached hydrogen (secondary N) is 1. The van der Waals surface area contributed by atoms with Crippen LogP contribution in [-0.2, 0) is 6.54 Å². The van der Waals surface area contributed by atoms with Crippen LogP contribution < -0.4 is 10.2 Å². The van der Waals surface area contributed by atoms with Crippen LogP contribution in [0, 0.1) is 5.82 Å². The first-order valence-corrected chi connectivity index (χ1v) is 8.02. The van der Waals surface area contributed by atoms with Gasteiger partial charge in [0.05, 0.1) is 0 Å². The number of likely N-dealkylation sites (N-methyl/N-ethyl adjacent to an activating group) is 1. The fraction of sp³-hybridized carbons (Fsp3) is 0.647. The highest BCUT2D eigenvalue weighted by atomic mass is 19.1. The van der Waals surface area contributed by atoms with Crippen molar-refractivity contribution in [3.63, 3.8) is 0 Å². The third-order valence-electron chi connectivity index (χ3n) is 3.89. The van der Waals surface area contributed by atoms with Gasteiger partial charge in [-0.25, -0.2) is 4.39 Å². The van der Waals surface area contributed by atoms with E-state index in [0.29, 0.717) is 12.6 Å². The summed E-state index contributed by atoms with van der Waals surface area (Å²) in [6, 6.07) is 6.05. The molecule has 0 amide bonds. The first-order chi connectivity index (χ1) is 10.1. The Kier molecular flexibility index (Phi) is 6.00. The Morgan fingerprint density at radius 2 is 1.95 bits per heavy atom. The van der Waals surface area contributed by atoms with Gasteiger partial charge in [-0.15, -0.1) is 0 Å². The molecular formula is C17H28FN3. The summed E-state index contributed by atoms with van der Waals surface area (Å²) in [5.41, 5.74) is 1.86. The Hall–Kier alpha value is -1.13. The van der Waals surface area contributed by atoms with E-state index in [9.17, 15) is 4.39 Å². The van der Waals surface area contributed by atoms with Gasteiger partial charge in [0.2, 0.25) is 0 Å². The van der Waals surface area contributed by atoms with Gasteiger partial charge in [-0.1, -0.05) is 13.0 Å². The Morgan fingerprint density at radius 1 is 1.19 bits per heavy atom. The lowest BCUT2D eigenvalue weighted by Crippen LogP contribution is -2.33. The summed E-state index contributed by atoms with van der Waals surface area (Å²) in [4.78, 5) is 4.48. The second-order valence-corrected chi connectivity index (χ2v) is 6.18. The fourth-order valence-electron chi connectivity index (χ4n) is 2.50. The van der Waals surface area contributed by atoms with Crippen LogP contribution in [0.4, 0.5) is 10.1 Å². The van der Waals surface area contributed by atoms with E-state index in [1.165, 1.54) is 12.8 Å². The number of hydrogen-bond acceptors (Lipinski definition) is 3. The minimum Gasteiger partial charge on any atom is -0.370 e. The maximum absolute atomic E-state index is 14.2. The monoisotopic (exact) mass is 293 g/mol. The maximum Gasteiger partial charge on any atom is 0.129 e. The van der Waals surface area contributed by atoms with E-state index in [1.54, 1.807) is 6.07 Å². The molecular weight excluding hydrogens is 265 g/mol. The molecule has 0 unspecified atom stereocenters. The summed E-state index contributed by atoms with van der Waals surface area (Å²) in [6.45, 7) is 5.68. The van der Waals surface area contributed by atoms with E-state index in [4.69, 9.17) is 0 Å². The first kappa shape index (κ1) is 16.2. The van der Waals surface area contributed by atoms with Gasteiger partial charge in [0.15, 0.2) is 0 Å². The lowest BCUT2D eigenvalue weighted by Gasteiger charge is -2.28. The second-order valence-electron chi connectivity index (χ2n) is 6.18. The van der Waals surface area contributed by atoms with Gasteiger partial charge in [-0.05, 0) is 45.5 Å². The molecule has 0 saturated heterocycles. The molecule has 1 fully saturated rings. The Labute approximate surface area is 128 Å². The molecule has 1 aliphatic carbocycles. The van der Waals surface area contributed by atoms with Gasteiger partial charge >= 0.3 is 0 Å². The van der Waals surface area contributed by atoms with Gasteiger partial charge in [0.25, 0.3) is 0 Å². The van der Waals surface area contributed by atoms with E-state index in [2.05, 4.69) is 42.2 Å². The van der Waals surface area contributed by atoms with Crippen molar-refractivity contribution in [2.75, 3.05) is 38.6 Å². The third kappa shape index (κ3) is 4.97. The first-order valence-electron chi connectivity index (χ1n) is 8.02. The summed E-state index contributed by atoms with van der Waals surface area (Å²) >= 11 is 0. The van der Waals surface area contributed by atoms with Gasteiger partial charge in [0.1, 0.15) is 5.82 Å². The summed E-state index contributed by atoms with van der Waals surface area (Å²) in [6.07, 6.45) is 3.52. The van der Waals surface area contributed by atoms with Crippen LogP contribution in [0.15, 0.2) is 18.2 Å². The quantitative estimate of drug-likeness (QED) is 0.755. The molecule has 1 aromatic carbocycles. The van der Waals surface area contributed by atoms with Crippen molar-refractivity contribution < 1.29 is 4.39 Å². The van der Waals surface area contributed by atoms with E-state index < -0.39 is 0 Å². The zero-order valence-electron chi connectivity index (χ0n) is 13.5. The highest BCUT2D eigenvalue weighted by molar-refractivity contribution is 5.54. The Bertz CT molecular complexity index is 444. The molecule has 2 rings (SSSR count). The van der Waals surface area contributed by atoms with Gasteiger partial charge in [-0.3, -0.25) is 0 Å². The predicted molar refractivity (Wildman–Crippen MR) is 87.3 cm³/mol. The molecule has 1 saturated carbocycles. The molecule has 0 heterocycles. The number of hydrogen-bond donors (Lipinski definition) is 1. The van der Waals surface area contributed by atoms with Crippen LogP contribution in [0.25, 0.3) is 0 Å². The SMILES string of the molecule is CCCN(CCN(C)C)c1cccc(F)c1CNC1CC1. The van der Waals surface area contributed by atoms with Gasteiger partial charge in [-0.2, -0.15) is 0 Å².